The first-order valence-electron chi connectivity index (χ1n) is 9.82. The van der Waals surface area contributed by atoms with E-state index in [9.17, 15) is 4.79 Å². The quantitative estimate of drug-likeness (QED) is 0.702. The van der Waals surface area contributed by atoms with Crippen LogP contribution in [-0.4, -0.2) is 17.7 Å². The van der Waals surface area contributed by atoms with Gasteiger partial charge in [0.25, 0.3) is 0 Å². The molecule has 1 N–H and O–H groups in total. The number of nitrogens with one attached hydrogen (secondary N) is 1. The maximum atomic E-state index is 13.2. The molecule has 2 aromatic carbocycles. The number of carbonyl (C=O) groups excluding carboxylic acids is 1. The van der Waals surface area contributed by atoms with E-state index in [1.807, 2.05) is 49.5 Å². The van der Waals surface area contributed by atoms with Crippen LogP contribution in [0.5, 0.6) is 11.5 Å². The fourth-order valence-corrected chi connectivity index (χ4v) is 3.93. The van der Waals surface area contributed by atoms with Gasteiger partial charge in [-0.15, -0.1) is 0 Å². The minimum Gasteiger partial charge on any atom is -0.454 e. The molecule has 0 saturated heterocycles. The van der Waals surface area contributed by atoms with E-state index in [0.29, 0.717) is 11.6 Å². The molecule has 2 aliphatic rings. The summed E-state index contributed by atoms with van der Waals surface area (Å²) in [6, 6.07) is 15.9. The van der Waals surface area contributed by atoms with Gasteiger partial charge in [-0.05, 0) is 61.1 Å². The van der Waals surface area contributed by atoms with Gasteiger partial charge < -0.3 is 14.8 Å². The molecule has 2 heterocycles. The van der Waals surface area contributed by atoms with Crippen LogP contribution in [0.25, 0.3) is 11.1 Å². The van der Waals surface area contributed by atoms with Gasteiger partial charge in [-0.3, -0.25) is 4.79 Å². The molecule has 0 radical (unpaired) electrons. The highest BCUT2D eigenvalue weighted by molar-refractivity contribution is 6.01. The second kappa shape index (κ2) is 6.62. The van der Waals surface area contributed by atoms with E-state index in [4.69, 9.17) is 9.47 Å². The SMILES string of the molecule is Cc1c(-c2ccccc2)cnc(NC(=O)C2(c3ccc4c(c3)OCO4)CC2)c1C. The summed E-state index contributed by atoms with van der Waals surface area (Å²) in [5, 5.41) is 3.08. The number of carbonyl (C=O) groups is 1. The monoisotopic (exact) mass is 386 g/mol. The zero-order valence-electron chi connectivity index (χ0n) is 16.5. The Kier molecular flexibility index (Phi) is 4.05. The Morgan fingerprint density at radius 3 is 2.52 bits per heavy atom. The molecular weight excluding hydrogens is 364 g/mol. The first-order valence-corrected chi connectivity index (χ1v) is 9.82. The second-order valence-electron chi connectivity index (χ2n) is 7.74. The average molecular weight is 386 g/mol. The van der Waals surface area contributed by atoms with E-state index < -0.39 is 5.41 Å². The van der Waals surface area contributed by atoms with Gasteiger partial charge in [0.1, 0.15) is 5.82 Å². The molecule has 3 aromatic rings. The fourth-order valence-electron chi connectivity index (χ4n) is 3.93. The summed E-state index contributed by atoms with van der Waals surface area (Å²) in [5.74, 6) is 2.05. The van der Waals surface area contributed by atoms with Gasteiger partial charge >= 0.3 is 0 Å². The van der Waals surface area contributed by atoms with Crippen molar-refractivity contribution in [2.45, 2.75) is 32.1 Å². The molecule has 0 spiro atoms. The molecule has 1 aliphatic heterocycles. The van der Waals surface area contributed by atoms with Crippen molar-refractivity contribution in [2.24, 2.45) is 0 Å². The van der Waals surface area contributed by atoms with Crippen molar-refractivity contribution < 1.29 is 14.3 Å². The Labute approximate surface area is 169 Å². The third-order valence-corrected chi connectivity index (χ3v) is 6.07. The van der Waals surface area contributed by atoms with Crippen LogP contribution >= 0.6 is 0 Å². The van der Waals surface area contributed by atoms with Crippen molar-refractivity contribution in [3.05, 3.63) is 71.4 Å². The highest BCUT2D eigenvalue weighted by Gasteiger charge is 2.52. The number of aromatic nitrogens is 1. The van der Waals surface area contributed by atoms with E-state index in [0.717, 1.165) is 46.4 Å². The van der Waals surface area contributed by atoms with Crippen LogP contribution in [-0.2, 0) is 10.2 Å². The lowest BCUT2D eigenvalue weighted by atomic mass is 9.94. The van der Waals surface area contributed by atoms with Crippen molar-refractivity contribution in [3.8, 4) is 22.6 Å². The molecule has 1 fully saturated rings. The van der Waals surface area contributed by atoms with Crippen LogP contribution in [0.15, 0.2) is 54.7 Å². The first-order chi connectivity index (χ1) is 14.1. The number of pyridine rings is 1. The Morgan fingerprint density at radius 2 is 1.76 bits per heavy atom. The summed E-state index contributed by atoms with van der Waals surface area (Å²) in [5.41, 5.74) is 4.77. The molecule has 1 amide bonds. The van der Waals surface area contributed by atoms with Crippen molar-refractivity contribution in [2.75, 3.05) is 12.1 Å². The van der Waals surface area contributed by atoms with Gasteiger partial charge in [-0.1, -0.05) is 36.4 Å². The fraction of sp³-hybridized carbons (Fsp3) is 0.250. The third-order valence-electron chi connectivity index (χ3n) is 6.07. The Hall–Kier alpha value is -3.34. The summed E-state index contributed by atoms with van der Waals surface area (Å²) < 4.78 is 10.9. The molecule has 29 heavy (non-hydrogen) atoms. The number of benzene rings is 2. The van der Waals surface area contributed by atoms with Gasteiger partial charge in [0.05, 0.1) is 5.41 Å². The van der Waals surface area contributed by atoms with Crippen LogP contribution in [0.2, 0.25) is 0 Å². The lowest BCUT2D eigenvalue weighted by molar-refractivity contribution is -0.118. The highest BCUT2D eigenvalue weighted by Crippen LogP contribution is 2.51. The van der Waals surface area contributed by atoms with Crippen molar-refractivity contribution in [3.63, 3.8) is 0 Å². The van der Waals surface area contributed by atoms with E-state index in [2.05, 4.69) is 29.4 Å². The molecule has 5 nitrogen and oxygen atoms in total. The topological polar surface area (TPSA) is 60.5 Å². The van der Waals surface area contributed by atoms with Gasteiger partial charge in [0.15, 0.2) is 11.5 Å². The van der Waals surface area contributed by atoms with Crippen LogP contribution in [0.4, 0.5) is 5.82 Å². The zero-order chi connectivity index (χ0) is 20.0. The number of anilines is 1. The van der Waals surface area contributed by atoms with Gasteiger partial charge in [-0.25, -0.2) is 4.98 Å². The second-order valence-corrected chi connectivity index (χ2v) is 7.74. The Balaban J connectivity index is 1.42. The van der Waals surface area contributed by atoms with Crippen LogP contribution < -0.4 is 14.8 Å². The predicted octanol–water partition coefficient (Wildman–Crippen LogP) is 4.76. The van der Waals surface area contributed by atoms with Crippen LogP contribution in [0.3, 0.4) is 0 Å². The first kappa shape index (κ1) is 17.7. The number of amides is 1. The largest absolute Gasteiger partial charge is 0.454 e. The molecular formula is C24H22N2O3. The maximum absolute atomic E-state index is 13.2. The van der Waals surface area contributed by atoms with E-state index >= 15 is 0 Å². The number of fused-ring (bicyclic) bond motifs is 1. The average Bonchev–Trinajstić information content (AvgIpc) is 3.43. The van der Waals surface area contributed by atoms with Crippen molar-refractivity contribution in [1.29, 1.82) is 0 Å². The molecule has 5 heteroatoms. The predicted molar refractivity (Wildman–Crippen MR) is 111 cm³/mol. The number of nitrogens with zero attached hydrogens (tertiary/aromatic N) is 1. The highest BCUT2D eigenvalue weighted by atomic mass is 16.7. The summed E-state index contributed by atoms with van der Waals surface area (Å²) in [6.45, 7) is 4.30. The van der Waals surface area contributed by atoms with Gasteiger partial charge in [0, 0.05) is 11.8 Å². The summed E-state index contributed by atoms with van der Waals surface area (Å²) in [4.78, 5) is 17.8. The summed E-state index contributed by atoms with van der Waals surface area (Å²) >= 11 is 0. The van der Waals surface area contributed by atoms with E-state index in [1.165, 1.54) is 0 Å². The normalized spacial score (nSPS) is 15.8. The van der Waals surface area contributed by atoms with Gasteiger partial charge in [-0.2, -0.15) is 0 Å². The smallest absolute Gasteiger partial charge is 0.236 e. The minimum absolute atomic E-state index is 0.0150. The van der Waals surface area contributed by atoms with Crippen LogP contribution in [0, 0.1) is 13.8 Å². The lowest BCUT2D eigenvalue weighted by Crippen LogP contribution is -2.28. The third kappa shape index (κ3) is 2.94. The summed E-state index contributed by atoms with van der Waals surface area (Å²) in [7, 11) is 0. The Morgan fingerprint density at radius 1 is 1.00 bits per heavy atom. The van der Waals surface area contributed by atoms with E-state index in [1.54, 1.807) is 0 Å². The molecule has 0 unspecified atom stereocenters. The minimum atomic E-state index is -0.513. The zero-order valence-corrected chi connectivity index (χ0v) is 16.5. The number of hydrogen-bond donors (Lipinski definition) is 1. The maximum Gasteiger partial charge on any atom is 0.236 e. The van der Waals surface area contributed by atoms with E-state index in [-0.39, 0.29) is 12.7 Å². The molecule has 1 aromatic heterocycles. The Bertz CT molecular complexity index is 1100. The molecule has 0 bridgehead atoms. The summed E-state index contributed by atoms with van der Waals surface area (Å²) in [6.07, 6.45) is 3.48. The molecule has 5 rings (SSSR count). The molecule has 1 saturated carbocycles. The van der Waals surface area contributed by atoms with Gasteiger partial charge in [0.2, 0.25) is 12.7 Å². The van der Waals surface area contributed by atoms with Crippen molar-refractivity contribution in [1.82, 2.24) is 4.98 Å². The number of ether oxygens (including phenoxy) is 2. The number of rotatable bonds is 4. The lowest BCUT2D eigenvalue weighted by Gasteiger charge is -2.18. The molecule has 146 valence electrons. The molecule has 0 atom stereocenters. The molecule has 1 aliphatic carbocycles. The number of hydrogen-bond acceptors (Lipinski definition) is 4. The standard InChI is InChI=1S/C24H22N2O3/c1-15-16(2)22(25-13-19(15)17-6-4-3-5-7-17)26-23(27)24(10-11-24)18-8-9-20-21(12-18)29-14-28-20/h3-9,12-13H,10-11,14H2,1-2H3,(H,25,26,27). The van der Waals surface area contributed by atoms with Crippen molar-refractivity contribution >= 4 is 11.7 Å². The van der Waals surface area contributed by atoms with Crippen LogP contribution in [0.1, 0.15) is 29.5 Å².